The van der Waals surface area contributed by atoms with E-state index in [-0.39, 0.29) is 31.3 Å². The highest BCUT2D eigenvalue weighted by atomic mass is 16.7. The summed E-state index contributed by atoms with van der Waals surface area (Å²) in [7, 11) is 0. The second kappa shape index (κ2) is 5.89. The Bertz CT molecular complexity index is 844. The van der Waals surface area contributed by atoms with Crippen molar-refractivity contribution in [1.82, 2.24) is 9.78 Å². The minimum absolute atomic E-state index is 0.0507. The molecule has 0 radical (unpaired) electrons. The van der Waals surface area contributed by atoms with Crippen molar-refractivity contribution in [3.8, 4) is 5.75 Å². The van der Waals surface area contributed by atoms with Crippen molar-refractivity contribution in [2.45, 2.75) is 27.0 Å². The van der Waals surface area contributed by atoms with E-state index in [0.717, 1.165) is 0 Å². The molecule has 0 saturated carbocycles. The fraction of sp³-hybridized carbons (Fsp3) is 0.357. The number of benzene rings is 1. The first-order valence-electron chi connectivity index (χ1n) is 7.07. The van der Waals surface area contributed by atoms with Crippen molar-refractivity contribution >= 4 is 11.4 Å². The van der Waals surface area contributed by atoms with Crippen LogP contribution in [0.25, 0.3) is 0 Å². The Balaban J connectivity index is 2.07. The number of aryl methyl sites for hydroxylation is 1. The van der Waals surface area contributed by atoms with E-state index in [1.54, 1.807) is 13.8 Å². The van der Waals surface area contributed by atoms with Crippen LogP contribution in [-0.4, -0.2) is 26.4 Å². The maximum absolute atomic E-state index is 11.1. The van der Waals surface area contributed by atoms with Gasteiger partial charge in [0.2, 0.25) is 0 Å². The monoisotopic (exact) mass is 334 g/mol. The van der Waals surface area contributed by atoms with E-state index in [1.165, 1.54) is 16.8 Å². The van der Waals surface area contributed by atoms with E-state index in [9.17, 15) is 20.2 Å². The van der Waals surface area contributed by atoms with E-state index in [1.807, 2.05) is 0 Å². The molecular formula is C14H14N4O6. The van der Waals surface area contributed by atoms with Crippen LogP contribution in [0.4, 0.5) is 11.4 Å². The second-order valence-corrected chi connectivity index (χ2v) is 5.40. The molecule has 1 aromatic heterocycles. The molecule has 1 aromatic carbocycles. The van der Waals surface area contributed by atoms with Crippen molar-refractivity contribution in [2.75, 3.05) is 6.79 Å². The molecule has 10 nitrogen and oxygen atoms in total. The highest BCUT2D eigenvalue weighted by Gasteiger charge is 2.25. The summed E-state index contributed by atoms with van der Waals surface area (Å²) >= 11 is 0. The van der Waals surface area contributed by atoms with Gasteiger partial charge in [-0.25, -0.2) is 0 Å². The molecule has 0 N–H and O–H groups in total. The second-order valence-electron chi connectivity index (χ2n) is 5.40. The van der Waals surface area contributed by atoms with Gasteiger partial charge < -0.3 is 9.47 Å². The molecule has 24 heavy (non-hydrogen) atoms. The highest BCUT2D eigenvalue weighted by molar-refractivity contribution is 5.51. The van der Waals surface area contributed by atoms with Crippen molar-refractivity contribution in [2.24, 2.45) is 0 Å². The van der Waals surface area contributed by atoms with E-state index in [4.69, 9.17) is 9.47 Å². The van der Waals surface area contributed by atoms with Crippen LogP contribution >= 0.6 is 0 Å². The van der Waals surface area contributed by atoms with Gasteiger partial charge in [0.1, 0.15) is 17.1 Å². The number of nitro benzene ring substituents is 1. The Morgan fingerprint density at radius 2 is 2.00 bits per heavy atom. The Morgan fingerprint density at radius 1 is 1.25 bits per heavy atom. The smallest absolute Gasteiger partial charge is 0.312 e. The normalized spacial score (nSPS) is 13.2. The summed E-state index contributed by atoms with van der Waals surface area (Å²) < 4.78 is 12.1. The molecule has 3 rings (SSSR count). The van der Waals surface area contributed by atoms with Gasteiger partial charge >= 0.3 is 5.69 Å². The van der Waals surface area contributed by atoms with Crippen LogP contribution in [0.15, 0.2) is 12.1 Å². The van der Waals surface area contributed by atoms with Gasteiger partial charge in [-0.05, 0) is 13.8 Å². The average molecular weight is 334 g/mol. The third-order valence-corrected chi connectivity index (χ3v) is 3.83. The lowest BCUT2D eigenvalue weighted by Crippen LogP contribution is -2.15. The number of hydrogen-bond acceptors (Lipinski definition) is 7. The van der Waals surface area contributed by atoms with Crippen molar-refractivity contribution < 1.29 is 19.3 Å². The van der Waals surface area contributed by atoms with Crippen LogP contribution in [0.3, 0.4) is 0 Å². The van der Waals surface area contributed by atoms with Gasteiger partial charge in [-0.15, -0.1) is 0 Å². The van der Waals surface area contributed by atoms with Gasteiger partial charge in [-0.2, -0.15) is 5.10 Å². The molecule has 0 amide bonds. The zero-order chi connectivity index (χ0) is 17.4. The minimum atomic E-state index is -0.498. The molecule has 2 aromatic rings. The number of nitro groups is 2. The topological polar surface area (TPSA) is 123 Å². The first-order chi connectivity index (χ1) is 11.4. The third-order valence-electron chi connectivity index (χ3n) is 3.83. The molecule has 1 aliphatic heterocycles. The number of fused-ring (bicyclic) bond motifs is 1. The molecular weight excluding hydrogens is 320 g/mol. The number of non-ortho nitro benzene ring substituents is 1. The van der Waals surface area contributed by atoms with Crippen LogP contribution in [0.1, 0.15) is 22.5 Å². The van der Waals surface area contributed by atoms with Crippen LogP contribution in [0, 0.1) is 34.1 Å². The summed E-state index contributed by atoms with van der Waals surface area (Å²) in [5.41, 5.74) is 1.63. The Kier molecular flexibility index (Phi) is 3.89. The fourth-order valence-corrected chi connectivity index (χ4v) is 2.77. The van der Waals surface area contributed by atoms with Crippen LogP contribution in [-0.2, 0) is 17.9 Å². The molecule has 0 bridgehead atoms. The van der Waals surface area contributed by atoms with Crippen LogP contribution in [0.2, 0.25) is 0 Å². The Hall–Kier alpha value is -3.01. The van der Waals surface area contributed by atoms with Gasteiger partial charge in [-0.3, -0.25) is 24.9 Å². The Morgan fingerprint density at radius 3 is 2.62 bits per heavy atom. The van der Waals surface area contributed by atoms with Crippen molar-refractivity contribution in [3.63, 3.8) is 0 Å². The zero-order valence-electron chi connectivity index (χ0n) is 13.0. The quantitative estimate of drug-likeness (QED) is 0.620. The van der Waals surface area contributed by atoms with Crippen LogP contribution in [0.5, 0.6) is 5.75 Å². The predicted molar refractivity (Wildman–Crippen MR) is 80.8 cm³/mol. The number of ether oxygens (including phenoxy) is 2. The number of rotatable bonds is 4. The summed E-state index contributed by atoms with van der Waals surface area (Å²) in [5.74, 6) is 0.502. The molecule has 0 saturated heterocycles. The Labute approximate surface area is 135 Å². The number of hydrogen-bond donors (Lipinski definition) is 0. The molecule has 0 spiro atoms. The fourth-order valence-electron chi connectivity index (χ4n) is 2.77. The van der Waals surface area contributed by atoms with E-state index in [2.05, 4.69) is 5.10 Å². The van der Waals surface area contributed by atoms with E-state index >= 15 is 0 Å². The summed E-state index contributed by atoms with van der Waals surface area (Å²) in [5, 5.41) is 26.4. The molecule has 0 aliphatic carbocycles. The maximum Gasteiger partial charge on any atom is 0.312 e. The largest absolute Gasteiger partial charge is 0.467 e. The van der Waals surface area contributed by atoms with Crippen molar-refractivity contribution in [1.29, 1.82) is 0 Å². The highest BCUT2D eigenvalue weighted by Crippen LogP contribution is 2.34. The van der Waals surface area contributed by atoms with Crippen LogP contribution < -0.4 is 4.74 Å². The molecule has 10 heteroatoms. The minimum Gasteiger partial charge on any atom is -0.467 e. The summed E-state index contributed by atoms with van der Waals surface area (Å²) in [4.78, 5) is 21.2. The summed E-state index contributed by atoms with van der Waals surface area (Å²) in [6, 6.07) is 2.80. The van der Waals surface area contributed by atoms with Gasteiger partial charge in [-0.1, -0.05) is 0 Å². The third kappa shape index (κ3) is 2.67. The average Bonchev–Trinajstić information content (AvgIpc) is 2.81. The molecule has 1 aliphatic rings. The summed E-state index contributed by atoms with van der Waals surface area (Å²) in [6.07, 6.45) is 0. The lowest BCUT2D eigenvalue weighted by Gasteiger charge is -2.20. The van der Waals surface area contributed by atoms with Gasteiger partial charge in [0, 0.05) is 23.3 Å². The molecule has 126 valence electrons. The predicted octanol–water partition coefficient (Wildman–Crippen LogP) is 2.23. The lowest BCUT2D eigenvalue weighted by molar-refractivity contribution is -0.386. The summed E-state index contributed by atoms with van der Waals surface area (Å²) in [6.45, 7) is 3.53. The lowest BCUT2D eigenvalue weighted by atomic mass is 10.1. The number of aromatic nitrogens is 2. The molecule has 2 heterocycles. The molecule has 0 fully saturated rings. The van der Waals surface area contributed by atoms with Crippen molar-refractivity contribution in [3.05, 3.63) is 54.9 Å². The standard InChI is InChI=1S/C14H14N4O6/c1-8-13(18(21)22)9(2)16(15-8)5-10-3-12(17(19)20)4-11-6-23-7-24-14(10)11/h3-4H,5-7H2,1-2H3. The maximum atomic E-state index is 11.1. The first-order valence-corrected chi connectivity index (χ1v) is 7.07. The van der Waals surface area contributed by atoms with Gasteiger partial charge in [0.05, 0.1) is 23.0 Å². The van der Waals surface area contributed by atoms with Gasteiger partial charge in [0.25, 0.3) is 5.69 Å². The van der Waals surface area contributed by atoms with Gasteiger partial charge in [0.15, 0.2) is 6.79 Å². The first kappa shape index (κ1) is 15.9. The molecule has 0 unspecified atom stereocenters. The van der Waals surface area contributed by atoms with E-state index < -0.39 is 9.85 Å². The zero-order valence-corrected chi connectivity index (χ0v) is 13.0. The van der Waals surface area contributed by atoms with E-state index in [0.29, 0.717) is 28.3 Å². The SMILES string of the molecule is Cc1nn(Cc2cc([N+](=O)[O-])cc3c2OCOC3)c(C)c1[N+](=O)[O-]. The molecule has 0 atom stereocenters. The number of nitrogens with zero attached hydrogens (tertiary/aromatic N) is 4.